The number of nitrogens with zero attached hydrogens (tertiary/aromatic N) is 3. The van der Waals surface area contributed by atoms with Gasteiger partial charge in [-0.25, -0.2) is 13.4 Å². The van der Waals surface area contributed by atoms with Crippen LogP contribution < -0.4 is 5.32 Å². The van der Waals surface area contributed by atoms with Crippen molar-refractivity contribution < 1.29 is 13.2 Å². The molecule has 0 aromatic carbocycles. The molecule has 1 atom stereocenters. The molecule has 1 unspecified atom stereocenters. The third kappa shape index (κ3) is 3.23. The van der Waals surface area contributed by atoms with E-state index in [0.29, 0.717) is 17.8 Å². The zero-order valence-electron chi connectivity index (χ0n) is 14.1. The highest BCUT2D eigenvalue weighted by Gasteiger charge is 2.34. The summed E-state index contributed by atoms with van der Waals surface area (Å²) in [7, 11) is -3.02. The summed E-state index contributed by atoms with van der Waals surface area (Å²) in [5.74, 6) is -0.0620. The minimum Gasteiger partial charge on any atom is -0.318 e. The summed E-state index contributed by atoms with van der Waals surface area (Å²) in [4.78, 5) is 16.8. The van der Waals surface area contributed by atoms with Crippen LogP contribution in [0.15, 0.2) is 18.3 Å². The first-order chi connectivity index (χ1) is 12.4. The first kappa shape index (κ1) is 17.5. The molecule has 1 aliphatic carbocycles. The first-order valence-electron chi connectivity index (χ1n) is 8.67. The molecule has 7 nitrogen and oxygen atoms in total. The molecule has 3 heterocycles. The number of hydrogen-bond acceptors (Lipinski definition) is 5. The Morgan fingerprint density at radius 3 is 2.85 bits per heavy atom. The number of pyridine rings is 1. The molecule has 2 aliphatic rings. The van der Waals surface area contributed by atoms with E-state index in [1.807, 2.05) is 0 Å². The van der Waals surface area contributed by atoms with Crippen LogP contribution in [0.2, 0.25) is 5.15 Å². The van der Waals surface area contributed by atoms with E-state index < -0.39 is 9.84 Å². The van der Waals surface area contributed by atoms with Gasteiger partial charge in [-0.3, -0.25) is 9.48 Å². The van der Waals surface area contributed by atoms with Crippen LogP contribution in [0.25, 0.3) is 0 Å². The summed E-state index contributed by atoms with van der Waals surface area (Å²) in [5.41, 5.74) is 2.73. The van der Waals surface area contributed by atoms with Crippen LogP contribution in [0.1, 0.15) is 47.1 Å². The van der Waals surface area contributed by atoms with E-state index in [1.54, 1.807) is 23.0 Å². The van der Waals surface area contributed by atoms with Crippen LogP contribution >= 0.6 is 11.6 Å². The van der Waals surface area contributed by atoms with Gasteiger partial charge in [0.25, 0.3) is 5.91 Å². The Morgan fingerprint density at radius 2 is 2.12 bits per heavy atom. The summed E-state index contributed by atoms with van der Waals surface area (Å²) < 4.78 is 25.5. The number of rotatable bonds is 3. The van der Waals surface area contributed by atoms with Gasteiger partial charge in [-0.05, 0) is 44.2 Å². The van der Waals surface area contributed by atoms with Gasteiger partial charge in [0, 0.05) is 17.5 Å². The highest BCUT2D eigenvalue weighted by molar-refractivity contribution is 7.91. The molecule has 0 spiro atoms. The van der Waals surface area contributed by atoms with Gasteiger partial charge in [-0.1, -0.05) is 11.6 Å². The Balaban J connectivity index is 1.68. The van der Waals surface area contributed by atoms with Gasteiger partial charge < -0.3 is 5.32 Å². The third-order valence-electron chi connectivity index (χ3n) is 4.99. The van der Waals surface area contributed by atoms with Crippen molar-refractivity contribution in [1.29, 1.82) is 0 Å². The Morgan fingerprint density at radius 1 is 1.31 bits per heavy atom. The molecule has 2 aromatic rings. The fraction of sp³-hybridized carbons (Fsp3) is 0.471. The quantitative estimate of drug-likeness (QED) is 0.807. The van der Waals surface area contributed by atoms with Gasteiger partial charge in [-0.2, -0.15) is 5.10 Å². The Kier molecular flexibility index (Phi) is 4.48. The molecule has 1 aliphatic heterocycles. The molecular weight excluding hydrogens is 376 g/mol. The topological polar surface area (TPSA) is 93.9 Å². The average molecular weight is 395 g/mol. The Labute approximate surface area is 156 Å². The number of carbonyl (C=O) groups excluding carboxylic acids is 1. The maximum atomic E-state index is 12.8. The molecule has 0 radical (unpaired) electrons. The van der Waals surface area contributed by atoms with Crippen molar-refractivity contribution >= 4 is 33.0 Å². The molecule has 1 fully saturated rings. The zero-order valence-corrected chi connectivity index (χ0v) is 15.7. The monoisotopic (exact) mass is 394 g/mol. The van der Waals surface area contributed by atoms with Crippen LogP contribution in [0.3, 0.4) is 0 Å². The maximum absolute atomic E-state index is 12.8. The number of aromatic nitrogens is 3. The van der Waals surface area contributed by atoms with E-state index >= 15 is 0 Å². The average Bonchev–Trinajstić information content (AvgIpc) is 3.17. The maximum Gasteiger partial charge on any atom is 0.276 e. The van der Waals surface area contributed by atoms with E-state index in [9.17, 15) is 13.2 Å². The van der Waals surface area contributed by atoms with Gasteiger partial charge in [0.2, 0.25) is 0 Å². The lowest BCUT2D eigenvalue weighted by Crippen LogP contribution is -2.17. The lowest BCUT2D eigenvalue weighted by molar-refractivity contribution is 0.102. The molecule has 26 heavy (non-hydrogen) atoms. The van der Waals surface area contributed by atoms with E-state index in [2.05, 4.69) is 15.4 Å². The number of halogens is 1. The second kappa shape index (κ2) is 6.66. The fourth-order valence-electron chi connectivity index (χ4n) is 3.74. The zero-order chi connectivity index (χ0) is 18.3. The SMILES string of the molecule is O=C(Nc1cccnc1Cl)c1nn(C2CCS(=O)(=O)C2)c2c1CCCC2. The largest absolute Gasteiger partial charge is 0.318 e. The van der Waals surface area contributed by atoms with Crippen molar-refractivity contribution in [3.63, 3.8) is 0 Å². The normalized spacial score (nSPS) is 21.3. The predicted octanol–water partition coefficient (Wildman–Crippen LogP) is 2.42. The molecule has 4 rings (SSSR count). The number of carbonyl (C=O) groups is 1. The van der Waals surface area contributed by atoms with Crippen LogP contribution in [0.4, 0.5) is 5.69 Å². The number of fused-ring (bicyclic) bond motifs is 1. The number of sulfone groups is 1. The first-order valence-corrected chi connectivity index (χ1v) is 10.9. The van der Waals surface area contributed by atoms with E-state index in [4.69, 9.17) is 11.6 Å². The van der Waals surface area contributed by atoms with Crippen molar-refractivity contribution in [1.82, 2.24) is 14.8 Å². The van der Waals surface area contributed by atoms with Crippen molar-refractivity contribution in [2.45, 2.75) is 38.1 Å². The van der Waals surface area contributed by atoms with E-state index in [1.165, 1.54) is 0 Å². The summed E-state index contributed by atoms with van der Waals surface area (Å²) in [6.45, 7) is 0. The van der Waals surface area contributed by atoms with E-state index in [0.717, 1.165) is 36.9 Å². The standard InChI is InChI=1S/C17H19ClN4O3S/c18-16-13(5-3-8-19-16)20-17(23)15-12-4-1-2-6-14(12)22(21-15)11-7-9-26(24,25)10-11/h3,5,8,11H,1-2,4,6-7,9-10H2,(H,20,23). The lowest BCUT2D eigenvalue weighted by Gasteiger charge is -2.17. The Bertz CT molecular complexity index is 970. The summed E-state index contributed by atoms with van der Waals surface area (Å²) in [5, 5.41) is 7.53. The molecule has 9 heteroatoms. The minimum atomic E-state index is -3.02. The van der Waals surface area contributed by atoms with Crippen molar-refractivity contribution in [3.8, 4) is 0 Å². The van der Waals surface area contributed by atoms with Gasteiger partial charge in [0.05, 0.1) is 23.2 Å². The second-order valence-electron chi connectivity index (χ2n) is 6.78. The molecule has 1 N–H and O–H groups in total. The molecule has 0 bridgehead atoms. The van der Waals surface area contributed by atoms with Gasteiger partial charge in [0.1, 0.15) is 0 Å². The molecule has 1 amide bonds. The molecule has 1 saturated heterocycles. The van der Waals surface area contributed by atoms with Crippen LogP contribution in [0.5, 0.6) is 0 Å². The minimum absolute atomic E-state index is 0.0939. The van der Waals surface area contributed by atoms with E-state index in [-0.39, 0.29) is 28.6 Å². The lowest BCUT2D eigenvalue weighted by atomic mass is 9.95. The van der Waals surface area contributed by atoms with Crippen molar-refractivity contribution in [3.05, 3.63) is 40.4 Å². The number of amides is 1. The summed E-state index contributed by atoms with van der Waals surface area (Å²) >= 11 is 6.02. The summed E-state index contributed by atoms with van der Waals surface area (Å²) in [6.07, 6.45) is 5.71. The van der Waals surface area contributed by atoms with Crippen molar-refractivity contribution in [2.24, 2.45) is 0 Å². The third-order valence-corrected chi connectivity index (χ3v) is 7.04. The highest BCUT2D eigenvalue weighted by Crippen LogP contribution is 2.32. The van der Waals surface area contributed by atoms with Crippen LogP contribution in [0, 0.1) is 0 Å². The van der Waals surface area contributed by atoms with Crippen molar-refractivity contribution in [2.75, 3.05) is 16.8 Å². The fourth-order valence-corrected chi connectivity index (χ4v) is 5.60. The van der Waals surface area contributed by atoms with Crippen LogP contribution in [-0.4, -0.2) is 40.6 Å². The molecule has 138 valence electrons. The molecule has 2 aromatic heterocycles. The number of hydrogen-bond donors (Lipinski definition) is 1. The van der Waals surface area contributed by atoms with Gasteiger partial charge in [-0.15, -0.1) is 0 Å². The molecular formula is C17H19ClN4O3S. The number of nitrogens with one attached hydrogen (secondary N) is 1. The second-order valence-corrected chi connectivity index (χ2v) is 9.37. The van der Waals surface area contributed by atoms with Crippen LogP contribution in [-0.2, 0) is 22.7 Å². The van der Waals surface area contributed by atoms with Gasteiger partial charge in [0.15, 0.2) is 20.7 Å². The smallest absolute Gasteiger partial charge is 0.276 e. The van der Waals surface area contributed by atoms with Gasteiger partial charge >= 0.3 is 0 Å². The molecule has 0 saturated carbocycles. The highest BCUT2D eigenvalue weighted by atomic mass is 35.5. The predicted molar refractivity (Wildman–Crippen MR) is 98.4 cm³/mol. The summed E-state index contributed by atoms with van der Waals surface area (Å²) in [6, 6.07) is 3.19. The Hall–Kier alpha value is -1.93. The number of anilines is 1.